The van der Waals surface area contributed by atoms with Crippen LogP contribution < -0.4 is 18.6 Å². The number of rotatable bonds is 0. The Hall–Kier alpha value is -0.720. The highest BCUT2D eigenvalue weighted by Gasteiger charge is 2.18. The Bertz CT molecular complexity index is 339. The average Bonchev–Trinajstić information content (AvgIpc) is 1.96. The quantitative estimate of drug-likeness (QED) is 0.543. The molecule has 0 N–H and O–H groups in total. The van der Waals surface area contributed by atoms with Crippen molar-refractivity contribution in [2.24, 2.45) is 0 Å². The highest BCUT2D eigenvalue weighted by Crippen LogP contribution is 2.23. The zero-order chi connectivity index (χ0) is 13.9. The maximum atomic E-state index is 8.49. The summed E-state index contributed by atoms with van der Waals surface area (Å²) in [5.41, 5.74) is 1.55. The molecule has 1 aromatic heterocycles. The van der Waals surface area contributed by atoms with Gasteiger partial charge in [-0.25, -0.2) is 23.1 Å². The van der Waals surface area contributed by atoms with Gasteiger partial charge >= 0.3 is 11.5 Å². The van der Waals surface area contributed by atoms with E-state index in [9.17, 15) is 0 Å². The van der Waals surface area contributed by atoms with E-state index >= 15 is 0 Å². The lowest BCUT2D eigenvalue weighted by Gasteiger charge is -2.17. The van der Waals surface area contributed by atoms with Crippen LogP contribution in [0.5, 0.6) is 0 Å². The Morgan fingerprint density at radius 1 is 0.941 bits per heavy atom. The molecule has 0 atom stereocenters. The first-order chi connectivity index (χ1) is 7.39. The maximum Gasteiger partial charge on any atom is 0.326 e. The van der Waals surface area contributed by atoms with Crippen LogP contribution in [0.1, 0.15) is 37.9 Å². The summed E-state index contributed by atoms with van der Waals surface area (Å²) in [6.07, 6.45) is 0. The third-order valence-corrected chi connectivity index (χ3v) is 1.91. The lowest BCUT2D eigenvalue weighted by molar-refractivity contribution is -2.00. The van der Waals surface area contributed by atoms with E-state index in [4.69, 9.17) is 23.1 Å². The molecule has 17 heavy (non-hydrogen) atoms. The van der Waals surface area contributed by atoms with Gasteiger partial charge in [0, 0.05) is 12.1 Å². The second-order valence-corrected chi connectivity index (χ2v) is 5.45. The molecule has 0 aliphatic heterocycles. The molecule has 0 spiro atoms. The van der Waals surface area contributed by atoms with Gasteiger partial charge in [0.2, 0.25) is 0 Å². The Morgan fingerprint density at radius 2 is 1.24 bits per heavy atom. The largest absolute Gasteiger partial charge is 0.326 e. The molecule has 0 aliphatic rings. The summed E-state index contributed by atoms with van der Waals surface area (Å²) >= 11 is 0. The molecule has 1 aromatic rings. The maximum absolute atomic E-state index is 8.49. The van der Waals surface area contributed by atoms with Crippen LogP contribution in [-0.4, -0.2) is 0 Å². The molecule has 1 rings (SSSR count). The molecule has 0 unspecified atom stereocenters. The third kappa shape index (κ3) is 9.02. The van der Waals surface area contributed by atoms with E-state index < -0.39 is 10.2 Å². The van der Waals surface area contributed by atoms with Crippen molar-refractivity contribution in [2.45, 2.75) is 40.0 Å². The van der Waals surface area contributed by atoms with Crippen molar-refractivity contribution in [3.8, 4) is 0 Å². The van der Waals surface area contributed by atoms with Crippen LogP contribution in [0.4, 0.5) is 0 Å². The topological polar surface area (TPSA) is 104 Å². The zero-order valence-corrected chi connectivity index (χ0v) is 11.3. The summed E-state index contributed by atoms with van der Waals surface area (Å²) in [4.78, 5) is 0. The van der Waals surface area contributed by atoms with E-state index in [-0.39, 0.29) is 5.41 Å². The molecule has 5 nitrogen and oxygen atoms in total. The molecular formula is C11H17ClO5. The predicted molar refractivity (Wildman–Crippen MR) is 51.3 cm³/mol. The molecule has 1 heterocycles. The number of hydrogen-bond donors (Lipinski definition) is 0. The van der Waals surface area contributed by atoms with Crippen molar-refractivity contribution in [3.05, 3.63) is 29.2 Å². The van der Waals surface area contributed by atoms with Crippen LogP contribution in [0.25, 0.3) is 0 Å². The van der Waals surface area contributed by atoms with Crippen molar-refractivity contribution in [3.63, 3.8) is 0 Å². The van der Waals surface area contributed by atoms with Crippen LogP contribution in [0.15, 0.2) is 16.5 Å². The molecule has 98 valence electrons. The van der Waals surface area contributed by atoms with E-state index in [1.54, 1.807) is 0 Å². The molecule has 0 amide bonds. The van der Waals surface area contributed by atoms with E-state index in [0.29, 0.717) is 0 Å². The minimum atomic E-state index is -4.94. The summed E-state index contributed by atoms with van der Waals surface area (Å²) < 4.78 is 39.4. The van der Waals surface area contributed by atoms with Crippen molar-refractivity contribution in [1.82, 2.24) is 0 Å². The minimum absolute atomic E-state index is 0.215. The van der Waals surface area contributed by atoms with Gasteiger partial charge in [0.15, 0.2) is 0 Å². The molecular weight excluding hydrogens is 248 g/mol. The van der Waals surface area contributed by atoms with Gasteiger partial charge in [0.1, 0.15) is 0 Å². The van der Waals surface area contributed by atoms with Crippen molar-refractivity contribution >= 4 is 0 Å². The van der Waals surface area contributed by atoms with Gasteiger partial charge in [0.05, 0.1) is 13.8 Å². The normalized spacial score (nSPS) is 11.8. The van der Waals surface area contributed by atoms with E-state index in [0.717, 1.165) is 11.5 Å². The molecule has 0 fully saturated rings. The summed E-state index contributed by atoms with van der Waals surface area (Å²) in [5, 5.41) is 0. The summed E-state index contributed by atoms with van der Waals surface area (Å²) in [6, 6.07) is 4.21. The van der Waals surface area contributed by atoms with Gasteiger partial charge in [-0.15, -0.1) is 10.2 Å². The van der Waals surface area contributed by atoms with Crippen molar-refractivity contribution < 1.29 is 33.3 Å². The van der Waals surface area contributed by atoms with Gasteiger partial charge in [0.25, 0.3) is 0 Å². The highest BCUT2D eigenvalue weighted by molar-refractivity contribution is 5.24. The Kier molecular flexibility index (Phi) is 5.51. The first-order valence-corrected chi connectivity index (χ1v) is 6.16. The monoisotopic (exact) mass is 264 g/mol. The fourth-order valence-electron chi connectivity index (χ4n) is 1.23. The number of hydrogen-bond acceptors (Lipinski definition) is 4. The molecule has 0 saturated carbocycles. The molecule has 0 radical (unpaired) electrons. The second-order valence-electron chi connectivity index (χ2n) is 4.70. The molecule has 0 saturated heterocycles. The van der Waals surface area contributed by atoms with Crippen LogP contribution in [0.3, 0.4) is 0 Å². The zero-order valence-electron chi connectivity index (χ0n) is 10.6. The summed E-state index contributed by atoms with van der Waals surface area (Å²) in [6.45, 7) is 10.6. The lowest BCUT2D eigenvalue weighted by atomic mass is 9.87. The van der Waals surface area contributed by atoms with Gasteiger partial charge < -0.3 is 0 Å². The van der Waals surface area contributed by atoms with E-state index in [1.807, 2.05) is 13.8 Å². The van der Waals surface area contributed by atoms with Crippen molar-refractivity contribution in [1.29, 1.82) is 0 Å². The van der Waals surface area contributed by atoms with Gasteiger partial charge in [-0.3, -0.25) is 0 Å². The van der Waals surface area contributed by atoms with E-state index in [2.05, 4.69) is 32.9 Å². The third-order valence-electron chi connectivity index (χ3n) is 1.91. The lowest BCUT2D eigenvalue weighted by Crippen LogP contribution is -2.68. The first kappa shape index (κ1) is 16.3. The molecule has 0 aliphatic carbocycles. The van der Waals surface area contributed by atoms with Gasteiger partial charge in [-0.2, -0.15) is 0 Å². The van der Waals surface area contributed by atoms with Crippen LogP contribution in [0, 0.1) is 24.1 Å². The summed E-state index contributed by atoms with van der Waals surface area (Å²) in [7, 11) is -4.94. The van der Waals surface area contributed by atoms with Crippen LogP contribution in [0.2, 0.25) is 0 Å². The SMILES string of the molecule is Cc1cc(C(C)(C)C)cc(C)[o+]1.[O-][Cl+3]([O-])([O-])[O-]. The number of halogens is 1. The molecule has 6 heteroatoms. The van der Waals surface area contributed by atoms with Gasteiger partial charge in [-0.1, -0.05) is 20.8 Å². The van der Waals surface area contributed by atoms with E-state index in [1.165, 1.54) is 5.56 Å². The average molecular weight is 265 g/mol. The summed E-state index contributed by atoms with van der Waals surface area (Å²) in [5.74, 6) is 1.97. The van der Waals surface area contributed by atoms with Crippen molar-refractivity contribution in [2.75, 3.05) is 0 Å². The van der Waals surface area contributed by atoms with Crippen LogP contribution >= 0.6 is 0 Å². The first-order valence-electron chi connectivity index (χ1n) is 4.93. The highest BCUT2D eigenvalue weighted by atomic mass is 35.7. The van der Waals surface area contributed by atoms with Gasteiger partial charge in [-0.05, 0) is 11.0 Å². The fraction of sp³-hybridized carbons (Fsp3) is 0.545. The predicted octanol–water partition coefficient (Wildman–Crippen LogP) is -1.28. The Balaban J connectivity index is 0.000000437. The molecule has 0 aromatic carbocycles. The Morgan fingerprint density at radius 3 is 1.47 bits per heavy atom. The standard InChI is InChI=1S/C11H17O.ClHO4/c1-8-6-10(11(3,4)5)7-9(2)12-8;2-1(3,4)5/h6-7H,1-5H3;(H,2,3,4,5)/q+1;/p-1. The molecule has 0 bridgehead atoms. The Labute approximate surface area is 103 Å². The van der Waals surface area contributed by atoms with Crippen LogP contribution in [-0.2, 0) is 5.41 Å². The second kappa shape index (κ2) is 5.75. The minimum Gasteiger partial charge on any atom is -0.222 e. The fourth-order valence-corrected chi connectivity index (χ4v) is 1.23. The smallest absolute Gasteiger partial charge is 0.222 e. The number of aryl methyl sites for hydroxylation is 2.